The van der Waals surface area contributed by atoms with Crippen LogP contribution in [0.25, 0.3) is 5.69 Å². The standard InChI is InChI=1S/C19H23FN4O/c1-22-10-4-8-17(22)18-9-5-11-23(18)19(25)14-12-21-24(13-14)16-7-3-2-6-15(16)20/h2-3,6-7,12-13,17-18H,4-5,8-11H2,1H3/t17-,18+/m0/s1. The van der Waals surface area contributed by atoms with Crippen LogP contribution in [0.4, 0.5) is 4.39 Å². The minimum Gasteiger partial charge on any atom is -0.334 e. The minimum absolute atomic E-state index is 0.00499. The van der Waals surface area contributed by atoms with E-state index in [2.05, 4.69) is 17.0 Å². The monoisotopic (exact) mass is 342 g/mol. The van der Waals surface area contributed by atoms with Crippen molar-refractivity contribution in [2.45, 2.75) is 37.8 Å². The smallest absolute Gasteiger partial charge is 0.257 e. The third-order valence-corrected chi connectivity index (χ3v) is 5.51. The maximum atomic E-state index is 13.9. The second-order valence-electron chi connectivity index (χ2n) is 7.02. The van der Waals surface area contributed by atoms with Gasteiger partial charge in [0.1, 0.15) is 11.5 Å². The number of likely N-dealkylation sites (tertiary alicyclic amines) is 2. The second kappa shape index (κ2) is 6.59. The van der Waals surface area contributed by atoms with Gasteiger partial charge in [-0.3, -0.25) is 4.79 Å². The van der Waals surface area contributed by atoms with Gasteiger partial charge in [0.2, 0.25) is 0 Å². The fourth-order valence-corrected chi connectivity index (χ4v) is 4.24. The van der Waals surface area contributed by atoms with E-state index >= 15 is 0 Å². The highest BCUT2D eigenvalue weighted by atomic mass is 19.1. The molecule has 0 unspecified atom stereocenters. The van der Waals surface area contributed by atoms with Crippen LogP contribution in [0.3, 0.4) is 0 Å². The number of hydrogen-bond acceptors (Lipinski definition) is 3. The van der Waals surface area contributed by atoms with E-state index in [4.69, 9.17) is 0 Å². The van der Waals surface area contributed by atoms with Gasteiger partial charge in [-0.05, 0) is 51.4 Å². The van der Waals surface area contributed by atoms with Crippen LogP contribution in [-0.4, -0.2) is 57.7 Å². The Morgan fingerprint density at radius 2 is 1.92 bits per heavy atom. The molecule has 1 aromatic heterocycles. The Morgan fingerprint density at radius 3 is 2.68 bits per heavy atom. The molecule has 132 valence electrons. The van der Waals surface area contributed by atoms with Gasteiger partial charge >= 0.3 is 0 Å². The summed E-state index contributed by atoms with van der Waals surface area (Å²) in [5.41, 5.74) is 0.880. The van der Waals surface area contributed by atoms with Crippen molar-refractivity contribution in [1.82, 2.24) is 19.6 Å². The first-order valence-electron chi connectivity index (χ1n) is 8.96. The predicted molar refractivity (Wildman–Crippen MR) is 93.2 cm³/mol. The van der Waals surface area contributed by atoms with E-state index in [-0.39, 0.29) is 17.8 Å². The fraction of sp³-hybridized carbons (Fsp3) is 0.474. The van der Waals surface area contributed by atoms with Crippen LogP contribution < -0.4 is 0 Å². The number of carbonyl (C=O) groups excluding carboxylic acids is 1. The normalized spacial score (nSPS) is 24.2. The van der Waals surface area contributed by atoms with Crippen molar-refractivity contribution in [3.05, 3.63) is 48.0 Å². The summed E-state index contributed by atoms with van der Waals surface area (Å²) < 4.78 is 15.4. The number of para-hydroxylation sites is 1. The maximum Gasteiger partial charge on any atom is 0.257 e. The highest BCUT2D eigenvalue weighted by Gasteiger charge is 2.38. The maximum absolute atomic E-state index is 13.9. The van der Waals surface area contributed by atoms with Crippen molar-refractivity contribution in [2.75, 3.05) is 20.1 Å². The van der Waals surface area contributed by atoms with E-state index < -0.39 is 0 Å². The van der Waals surface area contributed by atoms with E-state index in [1.807, 2.05) is 4.90 Å². The quantitative estimate of drug-likeness (QED) is 0.861. The molecule has 2 saturated heterocycles. The number of halogens is 1. The van der Waals surface area contributed by atoms with Gasteiger partial charge in [-0.15, -0.1) is 0 Å². The molecule has 1 amide bonds. The van der Waals surface area contributed by atoms with E-state index in [9.17, 15) is 9.18 Å². The van der Waals surface area contributed by atoms with E-state index in [0.29, 0.717) is 17.3 Å². The Kier molecular flexibility index (Phi) is 4.29. The fourth-order valence-electron chi connectivity index (χ4n) is 4.24. The topological polar surface area (TPSA) is 41.4 Å². The molecule has 2 atom stereocenters. The SMILES string of the molecule is CN1CCC[C@H]1[C@H]1CCCN1C(=O)c1cnn(-c2ccccc2F)c1. The largest absolute Gasteiger partial charge is 0.334 e. The van der Waals surface area contributed by atoms with E-state index in [1.165, 1.54) is 17.2 Å². The number of likely N-dealkylation sites (N-methyl/N-ethyl adjacent to an activating group) is 1. The lowest BCUT2D eigenvalue weighted by molar-refractivity contribution is 0.0664. The molecule has 0 N–H and O–H groups in total. The summed E-state index contributed by atoms with van der Waals surface area (Å²) in [7, 11) is 2.15. The summed E-state index contributed by atoms with van der Waals surface area (Å²) in [6.07, 6.45) is 7.63. The van der Waals surface area contributed by atoms with Crippen molar-refractivity contribution < 1.29 is 9.18 Å². The molecular formula is C19H23FN4O. The van der Waals surface area contributed by atoms with Crippen LogP contribution in [0, 0.1) is 5.82 Å². The van der Waals surface area contributed by atoms with Crippen molar-refractivity contribution >= 4 is 5.91 Å². The van der Waals surface area contributed by atoms with Crippen LogP contribution in [0.2, 0.25) is 0 Å². The van der Waals surface area contributed by atoms with E-state index in [1.54, 1.807) is 30.6 Å². The number of benzene rings is 1. The van der Waals surface area contributed by atoms with Gasteiger partial charge in [-0.1, -0.05) is 12.1 Å². The average Bonchev–Trinajstić information content (AvgIpc) is 3.34. The number of aromatic nitrogens is 2. The minimum atomic E-state index is -0.351. The summed E-state index contributed by atoms with van der Waals surface area (Å²) in [5.74, 6) is -0.346. The first-order chi connectivity index (χ1) is 12.1. The molecule has 2 aromatic rings. The molecule has 6 heteroatoms. The summed E-state index contributed by atoms with van der Waals surface area (Å²) in [4.78, 5) is 17.4. The highest BCUT2D eigenvalue weighted by molar-refractivity contribution is 5.94. The molecule has 0 spiro atoms. The van der Waals surface area contributed by atoms with Crippen molar-refractivity contribution in [3.63, 3.8) is 0 Å². The summed E-state index contributed by atoms with van der Waals surface area (Å²) in [6.45, 7) is 1.90. The molecule has 1 aromatic carbocycles. The molecule has 3 heterocycles. The molecular weight excluding hydrogens is 319 g/mol. The molecule has 25 heavy (non-hydrogen) atoms. The summed E-state index contributed by atoms with van der Waals surface area (Å²) in [5, 5.41) is 4.20. The van der Waals surface area contributed by atoms with Crippen LogP contribution in [0.1, 0.15) is 36.0 Å². The van der Waals surface area contributed by atoms with Crippen molar-refractivity contribution in [3.8, 4) is 5.69 Å². The summed E-state index contributed by atoms with van der Waals surface area (Å²) in [6, 6.07) is 7.17. The number of nitrogens with zero attached hydrogens (tertiary/aromatic N) is 4. The molecule has 4 rings (SSSR count). The summed E-state index contributed by atoms with van der Waals surface area (Å²) >= 11 is 0. The molecule has 5 nitrogen and oxygen atoms in total. The molecule has 0 radical (unpaired) electrons. The zero-order valence-electron chi connectivity index (χ0n) is 14.4. The Hall–Kier alpha value is -2.21. The number of rotatable bonds is 3. The lowest BCUT2D eigenvalue weighted by atomic mass is 10.0. The van der Waals surface area contributed by atoms with Gasteiger partial charge in [-0.2, -0.15) is 5.10 Å². The third kappa shape index (κ3) is 2.95. The van der Waals surface area contributed by atoms with Crippen molar-refractivity contribution in [1.29, 1.82) is 0 Å². The Labute approximate surface area is 147 Å². The Balaban J connectivity index is 1.56. The van der Waals surface area contributed by atoms with Crippen LogP contribution in [-0.2, 0) is 0 Å². The molecule has 2 aliphatic heterocycles. The Bertz CT molecular complexity index is 774. The van der Waals surface area contributed by atoms with Crippen LogP contribution in [0.15, 0.2) is 36.7 Å². The number of carbonyl (C=O) groups is 1. The third-order valence-electron chi connectivity index (χ3n) is 5.51. The van der Waals surface area contributed by atoms with Gasteiger partial charge in [0.15, 0.2) is 0 Å². The average molecular weight is 342 g/mol. The first kappa shape index (κ1) is 16.3. The molecule has 2 fully saturated rings. The highest BCUT2D eigenvalue weighted by Crippen LogP contribution is 2.30. The number of hydrogen-bond donors (Lipinski definition) is 0. The van der Waals surface area contributed by atoms with Gasteiger partial charge in [0.05, 0.1) is 11.8 Å². The zero-order valence-corrected chi connectivity index (χ0v) is 14.4. The first-order valence-corrected chi connectivity index (χ1v) is 8.96. The molecule has 0 saturated carbocycles. The van der Waals surface area contributed by atoms with Crippen molar-refractivity contribution in [2.24, 2.45) is 0 Å². The van der Waals surface area contributed by atoms with Crippen LogP contribution in [0.5, 0.6) is 0 Å². The lowest BCUT2D eigenvalue weighted by Crippen LogP contribution is -2.47. The second-order valence-corrected chi connectivity index (χ2v) is 7.02. The molecule has 2 aliphatic rings. The van der Waals surface area contributed by atoms with Gasteiger partial charge in [0.25, 0.3) is 5.91 Å². The number of amides is 1. The van der Waals surface area contributed by atoms with Gasteiger partial charge < -0.3 is 9.80 Å². The van der Waals surface area contributed by atoms with Crippen LogP contribution >= 0.6 is 0 Å². The Morgan fingerprint density at radius 1 is 1.16 bits per heavy atom. The zero-order chi connectivity index (χ0) is 17.4. The predicted octanol–water partition coefficient (Wildman–Crippen LogP) is 2.71. The van der Waals surface area contributed by atoms with Gasteiger partial charge in [0, 0.05) is 24.8 Å². The van der Waals surface area contributed by atoms with E-state index in [0.717, 1.165) is 32.4 Å². The lowest BCUT2D eigenvalue weighted by Gasteiger charge is -2.33. The molecule has 0 bridgehead atoms. The van der Waals surface area contributed by atoms with Gasteiger partial charge in [-0.25, -0.2) is 9.07 Å². The molecule has 0 aliphatic carbocycles.